The van der Waals surface area contributed by atoms with Gasteiger partial charge >= 0.3 is 11.9 Å². The molecule has 1 unspecified atom stereocenters. The topological polar surface area (TPSA) is 92.7 Å². The van der Waals surface area contributed by atoms with Gasteiger partial charge in [-0.1, -0.05) is 154 Å². The Morgan fingerprint density at radius 1 is 0.542 bits per heavy atom. The summed E-state index contributed by atoms with van der Waals surface area (Å²) in [4.78, 5) is 34.9. The van der Waals surface area contributed by atoms with Crippen LogP contribution in [0, 0.1) is 0 Å². The van der Waals surface area contributed by atoms with Crippen molar-refractivity contribution in [1.82, 2.24) is 5.32 Å². The summed E-state index contributed by atoms with van der Waals surface area (Å²) < 4.78 is 6.01. The normalized spacial score (nSPS) is 12.2. The van der Waals surface area contributed by atoms with Crippen molar-refractivity contribution in [1.29, 1.82) is 0 Å². The van der Waals surface area contributed by atoms with Gasteiger partial charge in [-0.2, -0.15) is 0 Å². The molecule has 0 saturated heterocycles. The van der Waals surface area contributed by atoms with Gasteiger partial charge in [0.2, 0.25) is 5.91 Å². The van der Waals surface area contributed by atoms with E-state index in [4.69, 9.17) is 9.84 Å². The predicted octanol–water partition coefficient (Wildman–Crippen LogP) is 12.3. The van der Waals surface area contributed by atoms with Gasteiger partial charge in [-0.3, -0.25) is 14.4 Å². The van der Waals surface area contributed by atoms with E-state index in [0.717, 1.165) is 70.6 Å². The van der Waals surface area contributed by atoms with E-state index in [1.54, 1.807) is 0 Å². The monoisotopic (exact) mass is 676 g/mol. The maximum atomic E-state index is 12.7. The van der Waals surface area contributed by atoms with Crippen LogP contribution in [0.1, 0.15) is 213 Å². The summed E-state index contributed by atoms with van der Waals surface area (Å²) in [5.41, 5.74) is 0. The molecule has 0 aromatic rings. The Kier molecular flexibility index (Phi) is 36.0. The Labute approximate surface area is 296 Å². The quantitative estimate of drug-likeness (QED) is 0.0388. The van der Waals surface area contributed by atoms with E-state index in [9.17, 15) is 14.4 Å². The van der Waals surface area contributed by atoms with Gasteiger partial charge in [0.1, 0.15) is 12.6 Å². The lowest BCUT2D eigenvalue weighted by atomic mass is 10.0. The maximum absolute atomic E-state index is 12.7. The van der Waals surface area contributed by atoms with Crippen LogP contribution in [0.5, 0.6) is 0 Å². The number of carbonyl (C=O) groups is 3. The molecular formula is C42H77NO5. The first-order valence-electron chi connectivity index (χ1n) is 20.5. The van der Waals surface area contributed by atoms with Crippen LogP contribution in [0.4, 0.5) is 0 Å². The molecule has 0 spiro atoms. The molecule has 0 aromatic carbocycles. The predicted molar refractivity (Wildman–Crippen MR) is 203 cm³/mol. The molecule has 0 radical (unpaired) electrons. The zero-order valence-corrected chi connectivity index (χ0v) is 31.6. The fourth-order valence-corrected chi connectivity index (χ4v) is 6.07. The number of carboxylic acids is 1. The molecule has 6 heteroatoms. The standard InChI is InChI=1S/C42H77NO5/c1-3-5-7-9-11-13-14-15-16-17-18-19-20-22-24-29-33-37-42(47)48-39(34-30-26-23-21-12-10-8-6-4-2)35-31-27-25-28-32-36-40(44)43-38-41(45)46/h11,13,15-16,39H,3-10,12,14,17-38H2,1-2H3,(H,43,44)(H,45,46)/b13-11-,16-15-. The van der Waals surface area contributed by atoms with Gasteiger partial charge < -0.3 is 15.2 Å². The lowest BCUT2D eigenvalue weighted by molar-refractivity contribution is -0.150. The largest absolute Gasteiger partial charge is 0.480 e. The number of ether oxygens (including phenoxy) is 1. The van der Waals surface area contributed by atoms with Gasteiger partial charge in [0, 0.05) is 12.8 Å². The molecule has 1 atom stereocenters. The fourth-order valence-electron chi connectivity index (χ4n) is 6.07. The van der Waals surface area contributed by atoms with Crippen LogP contribution in [-0.2, 0) is 19.1 Å². The molecule has 6 nitrogen and oxygen atoms in total. The van der Waals surface area contributed by atoms with E-state index < -0.39 is 5.97 Å². The number of unbranched alkanes of at least 4 members (excludes halogenated alkanes) is 22. The zero-order chi connectivity index (χ0) is 35.2. The first-order valence-corrected chi connectivity index (χ1v) is 20.5. The number of amides is 1. The van der Waals surface area contributed by atoms with Crippen molar-refractivity contribution < 1.29 is 24.2 Å². The molecule has 280 valence electrons. The second-order valence-electron chi connectivity index (χ2n) is 13.9. The molecule has 0 aliphatic heterocycles. The summed E-state index contributed by atoms with van der Waals surface area (Å²) in [7, 11) is 0. The highest BCUT2D eigenvalue weighted by atomic mass is 16.5. The van der Waals surface area contributed by atoms with E-state index in [-0.39, 0.29) is 24.5 Å². The van der Waals surface area contributed by atoms with Gasteiger partial charge in [0.15, 0.2) is 0 Å². The molecule has 2 N–H and O–H groups in total. The summed E-state index contributed by atoms with van der Waals surface area (Å²) >= 11 is 0. The van der Waals surface area contributed by atoms with Gasteiger partial charge in [0.25, 0.3) is 0 Å². The Hall–Kier alpha value is -2.11. The number of carboxylic acid groups (broad SMARTS) is 1. The van der Waals surface area contributed by atoms with Gasteiger partial charge in [-0.05, 0) is 70.6 Å². The number of esters is 1. The molecular weight excluding hydrogens is 598 g/mol. The Bertz CT molecular complexity index is 793. The fraction of sp³-hybridized carbons (Fsp3) is 0.833. The minimum Gasteiger partial charge on any atom is -0.480 e. The van der Waals surface area contributed by atoms with Crippen LogP contribution in [0.25, 0.3) is 0 Å². The number of aliphatic carboxylic acids is 1. The summed E-state index contributed by atoms with van der Waals surface area (Å²) in [6, 6.07) is 0. The van der Waals surface area contributed by atoms with Gasteiger partial charge in [0.05, 0.1) is 0 Å². The highest BCUT2D eigenvalue weighted by Gasteiger charge is 2.14. The number of hydrogen-bond acceptors (Lipinski definition) is 4. The molecule has 48 heavy (non-hydrogen) atoms. The summed E-state index contributed by atoms with van der Waals surface area (Å²) in [5, 5.41) is 11.1. The van der Waals surface area contributed by atoms with E-state index >= 15 is 0 Å². The molecule has 0 aliphatic carbocycles. The third-order valence-electron chi connectivity index (χ3n) is 9.13. The number of nitrogens with one attached hydrogen (secondary N) is 1. The van der Waals surface area contributed by atoms with Crippen molar-refractivity contribution in [3.8, 4) is 0 Å². The van der Waals surface area contributed by atoms with E-state index in [0.29, 0.717) is 12.8 Å². The lowest BCUT2D eigenvalue weighted by Gasteiger charge is -2.18. The molecule has 0 heterocycles. The second-order valence-corrected chi connectivity index (χ2v) is 13.9. The smallest absolute Gasteiger partial charge is 0.322 e. The van der Waals surface area contributed by atoms with Crippen molar-refractivity contribution in [3.63, 3.8) is 0 Å². The van der Waals surface area contributed by atoms with Crippen molar-refractivity contribution >= 4 is 17.8 Å². The van der Waals surface area contributed by atoms with E-state index in [2.05, 4.69) is 43.5 Å². The Morgan fingerprint density at radius 2 is 0.958 bits per heavy atom. The third-order valence-corrected chi connectivity index (χ3v) is 9.13. The molecule has 0 bridgehead atoms. The van der Waals surface area contributed by atoms with Crippen LogP contribution in [0.15, 0.2) is 24.3 Å². The van der Waals surface area contributed by atoms with Crippen LogP contribution in [0.2, 0.25) is 0 Å². The second kappa shape index (κ2) is 37.7. The van der Waals surface area contributed by atoms with Crippen molar-refractivity contribution in [2.24, 2.45) is 0 Å². The average molecular weight is 676 g/mol. The number of rotatable bonds is 37. The Morgan fingerprint density at radius 3 is 1.48 bits per heavy atom. The molecule has 0 rings (SSSR count). The molecule has 0 aromatic heterocycles. The zero-order valence-electron chi connectivity index (χ0n) is 31.6. The Balaban J connectivity index is 4.09. The first-order chi connectivity index (χ1) is 23.5. The number of allylic oxidation sites excluding steroid dienone is 4. The van der Waals surface area contributed by atoms with E-state index in [1.807, 2.05) is 0 Å². The van der Waals surface area contributed by atoms with Crippen molar-refractivity contribution in [3.05, 3.63) is 24.3 Å². The van der Waals surface area contributed by atoms with Crippen LogP contribution < -0.4 is 5.32 Å². The SMILES string of the molecule is CCCCC/C=C\C/C=C\CCCCCCCCCC(=O)OC(CCCCCCCCCCC)CCCCCCCC(=O)NCC(=O)O. The van der Waals surface area contributed by atoms with Crippen molar-refractivity contribution in [2.45, 2.75) is 219 Å². The minimum absolute atomic E-state index is 0.0223. The molecule has 0 fully saturated rings. The van der Waals surface area contributed by atoms with E-state index in [1.165, 1.54) is 116 Å². The van der Waals surface area contributed by atoms with Gasteiger partial charge in [-0.25, -0.2) is 0 Å². The van der Waals surface area contributed by atoms with Crippen LogP contribution in [-0.4, -0.2) is 35.6 Å². The highest BCUT2D eigenvalue weighted by molar-refractivity contribution is 5.80. The van der Waals surface area contributed by atoms with Gasteiger partial charge in [-0.15, -0.1) is 0 Å². The van der Waals surface area contributed by atoms with Crippen LogP contribution >= 0.6 is 0 Å². The molecule has 0 aliphatic rings. The number of carbonyl (C=O) groups excluding carboxylic acids is 2. The summed E-state index contributed by atoms with van der Waals surface area (Å²) in [6.45, 7) is 4.20. The third kappa shape index (κ3) is 36.7. The molecule has 0 saturated carbocycles. The molecule has 1 amide bonds. The number of hydrogen-bond donors (Lipinski definition) is 2. The van der Waals surface area contributed by atoms with Crippen LogP contribution in [0.3, 0.4) is 0 Å². The minimum atomic E-state index is -1.02. The summed E-state index contributed by atoms with van der Waals surface area (Å²) in [5.74, 6) is -1.23. The summed E-state index contributed by atoms with van der Waals surface area (Å²) in [6.07, 6.45) is 44.4. The van der Waals surface area contributed by atoms with Crippen molar-refractivity contribution in [2.75, 3.05) is 6.54 Å². The first kappa shape index (κ1) is 45.9. The average Bonchev–Trinajstić information content (AvgIpc) is 3.07. The lowest BCUT2D eigenvalue weighted by Crippen LogP contribution is -2.28. The highest BCUT2D eigenvalue weighted by Crippen LogP contribution is 2.19. The maximum Gasteiger partial charge on any atom is 0.322 e.